The summed E-state index contributed by atoms with van der Waals surface area (Å²) < 4.78 is 26.1. The maximum absolute atomic E-state index is 14.2. The topological polar surface area (TPSA) is 48.4 Å². The Labute approximate surface area is 195 Å². The van der Waals surface area contributed by atoms with Gasteiger partial charge in [0.2, 0.25) is 0 Å². The number of benzene rings is 2. The number of carbonyl (C=O) groups is 1. The van der Waals surface area contributed by atoms with Gasteiger partial charge >= 0.3 is 5.97 Å². The smallest absolute Gasteiger partial charge is 0.356 e. The number of hydrogen-bond acceptors (Lipinski definition) is 4. The van der Waals surface area contributed by atoms with Crippen LogP contribution < -0.4 is 4.74 Å². The number of halogens is 2. The lowest BCUT2D eigenvalue weighted by Crippen LogP contribution is -2.08. The fraction of sp³-hybridized carbons (Fsp3) is 0.231. The number of rotatable bonds is 7. The lowest BCUT2D eigenvalue weighted by molar-refractivity contribution is 0.0519. The zero-order valence-corrected chi connectivity index (χ0v) is 19.3. The summed E-state index contributed by atoms with van der Waals surface area (Å²) in [6.07, 6.45) is 2.74. The number of carbonyl (C=O) groups excluding carboxylic acids is 1. The van der Waals surface area contributed by atoms with E-state index in [1.807, 2.05) is 36.4 Å². The van der Waals surface area contributed by atoms with Crippen molar-refractivity contribution >= 4 is 33.0 Å². The van der Waals surface area contributed by atoms with Gasteiger partial charge in [0.1, 0.15) is 23.9 Å². The number of para-hydroxylation sites is 1. The molecule has 3 aromatic rings. The predicted octanol–water partition coefficient (Wildman–Crippen LogP) is 6.83. The Balaban J connectivity index is 1.65. The Kier molecular flexibility index (Phi) is 7.00. The van der Waals surface area contributed by atoms with Crippen LogP contribution in [0.5, 0.6) is 5.75 Å². The van der Waals surface area contributed by atoms with Crippen molar-refractivity contribution in [3.63, 3.8) is 0 Å². The van der Waals surface area contributed by atoms with E-state index in [1.54, 1.807) is 25.1 Å². The highest BCUT2D eigenvalue weighted by atomic mass is 79.9. The van der Waals surface area contributed by atoms with Crippen LogP contribution in [0.2, 0.25) is 0 Å². The number of aromatic nitrogens is 1. The summed E-state index contributed by atoms with van der Waals surface area (Å²) in [5, 5.41) is 0. The highest BCUT2D eigenvalue weighted by Gasteiger charge is 2.22. The van der Waals surface area contributed by atoms with Crippen LogP contribution in [0, 0.1) is 5.82 Å². The van der Waals surface area contributed by atoms with Crippen molar-refractivity contribution in [2.45, 2.75) is 32.8 Å². The van der Waals surface area contributed by atoms with Crippen LogP contribution in [0.4, 0.5) is 4.39 Å². The molecule has 0 amide bonds. The molecule has 1 aliphatic rings. The summed E-state index contributed by atoms with van der Waals surface area (Å²) in [6, 6.07) is 18.2. The molecule has 1 heterocycles. The first-order chi connectivity index (χ1) is 15.6. The van der Waals surface area contributed by atoms with Gasteiger partial charge in [-0.05, 0) is 67.7 Å². The van der Waals surface area contributed by atoms with E-state index in [-0.39, 0.29) is 12.4 Å². The number of nitrogens with zero attached hydrogens (tertiary/aromatic N) is 1. The van der Waals surface area contributed by atoms with Gasteiger partial charge in [0.25, 0.3) is 0 Å². The third-order valence-corrected chi connectivity index (χ3v) is 5.86. The second-order valence-corrected chi connectivity index (χ2v) is 8.38. The lowest BCUT2D eigenvalue weighted by atomic mass is 9.99. The molecule has 0 saturated heterocycles. The largest absolute Gasteiger partial charge is 0.488 e. The number of hydrogen-bond donors (Lipinski definition) is 0. The second-order valence-electron chi connectivity index (χ2n) is 7.46. The molecule has 6 heteroatoms. The number of ether oxygens (including phenoxy) is 2. The molecular weight excluding hydrogens is 473 g/mol. The molecule has 0 unspecified atom stereocenters. The van der Waals surface area contributed by atoms with E-state index in [1.165, 1.54) is 6.07 Å². The van der Waals surface area contributed by atoms with E-state index in [0.717, 1.165) is 41.7 Å². The first-order valence-corrected chi connectivity index (χ1v) is 11.4. The average Bonchev–Trinajstić information content (AvgIpc) is 3.29. The second kappa shape index (κ2) is 10.1. The number of allylic oxidation sites excluding steroid dienone is 2. The standard InChI is InChI=1S/C26H23BrFNO3/c1-2-31-26(30)24-11-6-10-23(29-24)20-9-5-8-19(20)21-7-3-4-12-25(21)32-16-17-13-14-18(27)15-22(17)28/h3-4,6-7,10-15H,2,5,8-9,16H2,1H3. The van der Waals surface area contributed by atoms with E-state index < -0.39 is 5.97 Å². The molecule has 0 N–H and O–H groups in total. The van der Waals surface area contributed by atoms with Crippen molar-refractivity contribution < 1.29 is 18.7 Å². The fourth-order valence-corrected chi connectivity index (χ4v) is 4.21. The highest BCUT2D eigenvalue weighted by molar-refractivity contribution is 9.10. The summed E-state index contributed by atoms with van der Waals surface area (Å²) in [7, 11) is 0. The monoisotopic (exact) mass is 495 g/mol. The molecular formula is C26H23BrFNO3. The van der Waals surface area contributed by atoms with Gasteiger partial charge in [0.05, 0.1) is 12.3 Å². The van der Waals surface area contributed by atoms with Gasteiger partial charge in [0, 0.05) is 15.6 Å². The molecule has 0 radical (unpaired) electrons. The van der Waals surface area contributed by atoms with Gasteiger partial charge in [-0.2, -0.15) is 0 Å². The first kappa shape index (κ1) is 22.2. The minimum atomic E-state index is -0.422. The van der Waals surface area contributed by atoms with Crippen LogP contribution in [0.15, 0.2) is 65.1 Å². The van der Waals surface area contributed by atoms with Crippen LogP contribution in [0.1, 0.15) is 53.5 Å². The van der Waals surface area contributed by atoms with E-state index in [9.17, 15) is 9.18 Å². The van der Waals surface area contributed by atoms with Gasteiger partial charge in [-0.15, -0.1) is 0 Å². The van der Waals surface area contributed by atoms with Crippen molar-refractivity contribution in [2.75, 3.05) is 6.61 Å². The van der Waals surface area contributed by atoms with Crippen molar-refractivity contribution in [3.05, 3.63) is 93.5 Å². The van der Waals surface area contributed by atoms with Crippen LogP contribution >= 0.6 is 15.9 Å². The number of esters is 1. The Bertz CT molecular complexity index is 1180. The van der Waals surface area contributed by atoms with Gasteiger partial charge in [-0.25, -0.2) is 14.2 Å². The van der Waals surface area contributed by atoms with E-state index in [4.69, 9.17) is 9.47 Å². The van der Waals surface area contributed by atoms with Crippen LogP contribution in [0.25, 0.3) is 11.1 Å². The minimum absolute atomic E-state index is 0.134. The molecule has 1 aromatic heterocycles. The predicted molar refractivity (Wildman–Crippen MR) is 126 cm³/mol. The summed E-state index contributed by atoms with van der Waals surface area (Å²) in [4.78, 5) is 16.7. The molecule has 2 aromatic carbocycles. The Morgan fingerprint density at radius 3 is 2.69 bits per heavy atom. The van der Waals surface area contributed by atoms with Crippen molar-refractivity contribution in [1.82, 2.24) is 4.98 Å². The molecule has 0 aliphatic heterocycles. The Hall–Kier alpha value is -2.99. The van der Waals surface area contributed by atoms with Gasteiger partial charge in [-0.1, -0.05) is 46.3 Å². The molecule has 164 valence electrons. The van der Waals surface area contributed by atoms with Crippen LogP contribution in [-0.4, -0.2) is 17.6 Å². The van der Waals surface area contributed by atoms with Gasteiger partial charge < -0.3 is 9.47 Å². The van der Waals surface area contributed by atoms with E-state index >= 15 is 0 Å². The maximum atomic E-state index is 14.2. The molecule has 0 bridgehead atoms. The molecule has 4 nitrogen and oxygen atoms in total. The fourth-order valence-electron chi connectivity index (χ4n) is 3.88. The zero-order valence-electron chi connectivity index (χ0n) is 17.7. The third kappa shape index (κ3) is 4.91. The summed E-state index contributed by atoms with van der Waals surface area (Å²) >= 11 is 3.28. The average molecular weight is 496 g/mol. The molecule has 0 spiro atoms. The summed E-state index contributed by atoms with van der Waals surface area (Å²) in [5.41, 5.74) is 4.79. The number of pyridine rings is 1. The molecule has 0 atom stereocenters. The first-order valence-electron chi connectivity index (χ1n) is 10.6. The normalized spacial score (nSPS) is 13.3. The Morgan fingerprint density at radius 2 is 1.88 bits per heavy atom. The maximum Gasteiger partial charge on any atom is 0.356 e. The molecule has 4 rings (SSSR count). The van der Waals surface area contributed by atoms with Gasteiger partial charge in [0.15, 0.2) is 0 Å². The molecule has 32 heavy (non-hydrogen) atoms. The Morgan fingerprint density at radius 1 is 1.06 bits per heavy atom. The highest BCUT2D eigenvalue weighted by Crippen LogP contribution is 2.42. The van der Waals surface area contributed by atoms with Crippen LogP contribution in [0.3, 0.4) is 0 Å². The zero-order chi connectivity index (χ0) is 22.5. The molecule has 0 saturated carbocycles. The third-order valence-electron chi connectivity index (χ3n) is 5.37. The molecule has 1 aliphatic carbocycles. The quantitative estimate of drug-likeness (QED) is 0.337. The minimum Gasteiger partial charge on any atom is -0.488 e. The van der Waals surface area contributed by atoms with E-state index in [0.29, 0.717) is 28.1 Å². The summed E-state index contributed by atoms with van der Waals surface area (Å²) in [5.74, 6) is -0.0295. The summed E-state index contributed by atoms with van der Waals surface area (Å²) in [6.45, 7) is 2.22. The van der Waals surface area contributed by atoms with Gasteiger partial charge in [-0.3, -0.25) is 0 Å². The van der Waals surface area contributed by atoms with Crippen LogP contribution in [-0.2, 0) is 11.3 Å². The SMILES string of the molecule is CCOC(=O)c1cccc(C2=C(c3ccccc3OCc3ccc(Br)cc3F)CCC2)n1. The lowest BCUT2D eigenvalue weighted by Gasteiger charge is -2.15. The molecule has 0 fully saturated rings. The van der Waals surface area contributed by atoms with Crippen molar-refractivity contribution in [3.8, 4) is 5.75 Å². The van der Waals surface area contributed by atoms with E-state index in [2.05, 4.69) is 20.9 Å². The van der Waals surface area contributed by atoms with Crippen molar-refractivity contribution in [2.24, 2.45) is 0 Å². The van der Waals surface area contributed by atoms with Crippen molar-refractivity contribution in [1.29, 1.82) is 0 Å².